The molecule has 0 fully saturated rings. The summed E-state index contributed by atoms with van der Waals surface area (Å²) in [7, 11) is -4.05. The highest BCUT2D eigenvalue weighted by atomic mass is 32.2. The number of thiophene rings is 1. The van der Waals surface area contributed by atoms with Crippen LogP contribution in [0, 0.1) is 12.7 Å². The number of sulfonamides is 1. The zero-order valence-electron chi connectivity index (χ0n) is 17.8. The Morgan fingerprint density at radius 2 is 2.03 bits per heavy atom. The molecule has 3 heterocycles. The first-order valence-electron chi connectivity index (χ1n) is 10.2. The lowest BCUT2D eigenvalue weighted by Gasteiger charge is -2.12. The molecular formula is C22H18FN5O4S2. The summed E-state index contributed by atoms with van der Waals surface area (Å²) in [4.78, 5) is 30.4. The number of halogens is 1. The first-order chi connectivity index (χ1) is 16.2. The van der Waals surface area contributed by atoms with E-state index in [1.165, 1.54) is 24.5 Å². The summed E-state index contributed by atoms with van der Waals surface area (Å²) in [5, 5.41) is 5.89. The van der Waals surface area contributed by atoms with Gasteiger partial charge in [0.15, 0.2) is 0 Å². The monoisotopic (exact) mass is 499 g/mol. The number of nitrogens with one attached hydrogen (secondary N) is 3. The van der Waals surface area contributed by atoms with Crippen molar-refractivity contribution in [3.63, 3.8) is 0 Å². The number of urea groups is 1. The number of aromatic nitrogens is 2. The van der Waals surface area contributed by atoms with Gasteiger partial charge in [0.25, 0.3) is 15.6 Å². The fourth-order valence-electron chi connectivity index (χ4n) is 3.83. The highest BCUT2D eigenvalue weighted by molar-refractivity contribution is 7.92. The third kappa shape index (κ3) is 3.90. The topological polar surface area (TPSA) is 122 Å². The number of anilines is 2. The second-order valence-electron chi connectivity index (χ2n) is 7.68. The van der Waals surface area contributed by atoms with E-state index in [1.807, 2.05) is 10.8 Å². The number of carbonyl (C=O) groups excluding carboxylic acids is 1. The summed E-state index contributed by atoms with van der Waals surface area (Å²) >= 11 is 1.02. The van der Waals surface area contributed by atoms with Crippen LogP contribution in [0.3, 0.4) is 0 Å². The van der Waals surface area contributed by atoms with Gasteiger partial charge in [-0.25, -0.2) is 27.3 Å². The third-order valence-corrected chi connectivity index (χ3v) is 8.22. The molecule has 1 aliphatic heterocycles. The van der Waals surface area contributed by atoms with E-state index in [1.54, 1.807) is 19.1 Å². The standard InChI is InChI=1S/C22H18FN5O4S2/c1-12-2-7-19(33-12)34(31,32)27-22(30)26-13-3-6-18(16(23)10-13)28-11-25-20-14-8-9-24-17(14)5-4-15(20)21(28)29/h2-7,10-11,24H,8-9H2,1H3,(H2,26,27,30). The lowest BCUT2D eigenvalue weighted by Crippen LogP contribution is -2.34. The zero-order chi connectivity index (χ0) is 24.0. The SMILES string of the molecule is Cc1ccc(S(=O)(=O)NC(=O)Nc2ccc(-n3cnc4c5c(ccc4c3=O)NCC5)c(F)c2)s1. The van der Waals surface area contributed by atoms with Crippen molar-refractivity contribution >= 4 is 49.7 Å². The fraction of sp³-hybridized carbons (Fsp3) is 0.136. The molecule has 174 valence electrons. The number of amides is 2. The molecule has 0 bridgehead atoms. The molecule has 12 heteroatoms. The van der Waals surface area contributed by atoms with E-state index in [0.29, 0.717) is 10.9 Å². The van der Waals surface area contributed by atoms with Gasteiger partial charge < -0.3 is 10.6 Å². The van der Waals surface area contributed by atoms with Crippen molar-refractivity contribution in [1.82, 2.24) is 14.3 Å². The molecule has 9 nitrogen and oxygen atoms in total. The van der Waals surface area contributed by atoms with Gasteiger partial charge in [0.1, 0.15) is 16.4 Å². The minimum Gasteiger partial charge on any atom is -0.384 e. The van der Waals surface area contributed by atoms with Gasteiger partial charge in [-0.3, -0.25) is 9.36 Å². The number of nitrogens with zero attached hydrogens (tertiary/aromatic N) is 2. The second-order valence-corrected chi connectivity index (χ2v) is 10.9. The lowest BCUT2D eigenvalue weighted by molar-refractivity contribution is 0.256. The largest absolute Gasteiger partial charge is 0.384 e. The third-order valence-electron chi connectivity index (χ3n) is 5.40. The predicted octanol–water partition coefficient (Wildman–Crippen LogP) is 3.37. The van der Waals surface area contributed by atoms with Crippen molar-refractivity contribution in [3.8, 4) is 5.69 Å². The molecular weight excluding hydrogens is 481 g/mol. The second kappa shape index (κ2) is 8.22. The molecule has 2 amide bonds. The molecule has 1 aliphatic rings. The van der Waals surface area contributed by atoms with E-state index in [9.17, 15) is 22.4 Å². The van der Waals surface area contributed by atoms with Crippen molar-refractivity contribution in [1.29, 1.82) is 0 Å². The Kier molecular flexibility index (Phi) is 5.33. The molecule has 0 saturated heterocycles. The lowest BCUT2D eigenvalue weighted by atomic mass is 10.1. The Labute approximate surface area is 197 Å². The Bertz CT molecular complexity index is 1630. The molecule has 0 saturated carbocycles. The molecule has 0 aliphatic carbocycles. The minimum absolute atomic E-state index is 0.00807. The van der Waals surface area contributed by atoms with Gasteiger partial charge in [-0.15, -0.1) is 11.3 Å². The summed E-state index contributed by atoms with van der Waals surface area (Å²) in [6.45, 7) is 2.51. The van der Waals surface area contributed by atoms with Gasteiger partial charge in [-0.1, -0.05) is 0 Å². The maximum absolute atomic E-state index is 14.9. The quantitative estimate of drug-likeness (QED) is 0.396. The minimum atomic E-state index is -4.05. The summed E-state index contributed by atoms with van der Waals surface area (Å²) in [6, 6.07) is 9.13. The zero-order valence-corrected chi connectivity index (χ0v) is 19.4. The maximum atomic E-state index is 14.9. The van der Waals surface area contributed by atoms with Crippen LogP contribution in [-0.2, 0) is 16.4 Å². The van der Waals surface area contributed by atoms with E-state index in [-0.39, 0.29) is 15.6 Å². The molecule has 2 aromatic heterocycles. The van der Waals surface area contributed by atoms with Gasteiger partial charge in [0.2, 0.25) is 0 Å². The van der Waals surface area contributed by atoms with Crippen molar-refractivity contribution in [2.24, 2.45) is 0 Å². The Morgan fingerprint density at radius 1 is 1.21 bits per heavy atom. The average molecular weight is 500 g/mol. The van der Waals surface area contributed by atoms with Gasteiger partial charge in [-0.05, 0) is 55.8 Å². The van der Waals surface area contributed by atoms with Crippen LogP contribution >= 0.6 is 11.3 Å². The van der Waals surface area contributed by atoms with Gasteiger partial charge >= 0.3 is 6.03 Å². The normalized spacial score (nSPS) is 12.9. The highest BCUT2D eigenvalue weighted by Gasteiger charge is 2.21. The number of benzene rings is 2. The van der Waals surface area contributed by atoms with Gasteiger partial charge in [0.05, 0.1) is 16.6 Å². The smallest absolute Gasteiger partial charge is 0.333 e. The Morgan fingerprint density at radius 3 is 2.76 bits per heavy atom. The summed E-state index contributed by atoms with van der Waals surface area (Å²) in [6.07, 6.45) is 2.03. The van der Waals surface area contributed by atoms with Crippen molar-refractivity contribution in [3.05, 3.63) is 75.4 Å². The number of carbonyl (C=O) groups is 1. The molecule has 0 radical (unpaired) electrons. The Hall–Kier alpha value is -3.77. The van der Waals surface area contributed by atoms with E-state index in [4.69, 9.17) is 0 Å². The molecule has 0 spiro atoms. The highest BCUT2D eigenvalue weighted by Crippen LogP contribution is 2.28. The van der Waals surface area contributed by atoms with Gasteiger partial charge in [-0.2, -0.15) is 0 Å². The van der Waals surface area contributed by atoms with E-state index in [2.05, 4.69) is 15.6 Å². The van der Waals surface area contributed by atoms with Crippen LogP contribution in [0.1, 0.15) is 10.4 Å². The Balaban J connectivity index is 1.39. The van der Waals surface area contributed by atoms with Crippen molar-refractivity contribution in [2.75, 3.05) is 17.2 Å². The summed E-state index contributed by atoms with van der Waals surface area (Å²) in [5.74, 6) is -0.791. The molecule has 34 heavy (non-hydrogen) atoms. The van der Waals surface area contributed by atoms with Crippen LogP contribution < -0.4 is 20.9 Å². The predicted molar refractivity (Wildman–Crippen MR) is 128 cm³/mol. The maximum Gasteiger partial charge on any atom is 0.333 e. The molecule has 0 unspecified atom stereocenters. The fourth-order valence-corrected chi connectivity index (χ4v) is 6.02. The number of rotatable bonds is 4. The van der Waals surface area contributed by atoms with Crippen LogP contribution in [0.25, 0.3) is 16.6 Å². The molecule has 4 aromatic rings. The first-order valence-corrected chi connectivity index (χ1v) is 12.5. The molecule has 2 aromatic carbocycles. The molecule has 0 atom stereocenters. The summed E-state index contributed by atoms with van der Waals surface area (Å²) in [5.41, 5.74) is 2.03. The van der Waals surface area contributed by atoms with Crippen LogP contribution in [0.2, 0.25) is 0 Å². The molecule has 5 rings (SSSR count). The van der Waals surface area contributed by atoms with E-state index in [0.717, 1.165) is 51.1 Å². The number of hydrogen-bond acceptors (Lipinski definition) is 7. The van der Waals surface area contributed by atoms with Crippen molar-refractivity contribution < 1.29 is 17.6 Å². The average Bonchev–Trinajstić information content (AvgIpc) is 3.43. The van der Waals surface area contributed by atoms with E-state index < -0.39 is 27.4 Å². The number of hydrogen-bond donors (Lipinski definition) is 3. The van der Waals surface area contributed by atoms with Crippen molar-refractivity contribution in [2.45, 2.75) is 17.6 Å². The van der Waals surface area contributed by atoms with Crippen LogP contribution in [-0.4, -0.2) is 30.5 Å². The van der Waals surface area contributed by atoms with E-state index >= 15 is 0 Å². The van der Waals surface area contributed by atoms with Crippen LogP contribution in [0.5, 0.6) is 0 Å². The van der Waals surface area contributed by atoms with Crippen LogP contribution in [0.4, 0.5) is 20.6 Å². The number of fused-ring (bicyclic) bond motifs is 3. The number of aryl methyl sites for hydroxylation is 1. The first kappa shape index (κ1) is 22.0. The van der Waals surface area contributed by atoms with Gasteiger partial charge in [0, 0.05) is 28.4 Å². The van der Waals surface area contributed by atoms with Crippen LogP contribution in [0.15, 0.2) is 57.8 Å². The summed E-state index contributed by atoms with van der Waals surface area (Å²) < 4.78 is 42.5. The molecule has 3 N–H and O–H groups in total.